The fraction of sp³-hybridized carbons (Fsp3) is 0.364. The summed E-state index contributed by atoms with van der Waals surface area (Å²) in [5.41, 5.74) is 7.14. The molecule has 0 saturated heterocycles. The molecule has 82 valence electrons. The average Bonchev–Trinajstić information content (AvgIpc) is 2.16. The SMILES string of the molecule is CCOc1cc(N)cc(C(Br)C(C)=O)c1. The number of rotatable bonds is 4. The van der Waals surface area contributed by atoms with Crippen LogP contribution < -0.4 is 10.5 Å². The van der Waals surface area contributed by atoms with Crippen molar-refractivity contribution in [2.75, 3.05) is 12.3 Å². The number of hydrogen-bond donors (Lipinski definition) is 1. The molecule has 0 bridgehead atoms. The minimum absolute atomic E-state index is 0.0445. The van der Waals surface area contributed by atoms with E-state index in [1.807, 2.05) is 13.0 Å². The molecule has 15 heavy (non-hydrogen) atoms. The molecular weight excluding hydrogens is 258 g/mol. The van der Waals surface area contributed by atoms with Crippen LogP contribution in [0.15, 0.2) is 18.2 Å². The van der Waals surface area contributed by atoms with Crippen molar-refractivity contribution in [1.82, 2.24) is 0 Å². The van der Waals surface area contributed by atoms with Gasteiger partial charge in [-0.2, -0.15) is 0 Å². The van der Waals surface area contributed by atoms with Gasteiger partial charge in [-0.1, -0.05) is 15.9 Å². The molecule has 2 N–H and O–H groups in total. The highest BCUT2D eigenvalue weighted by Gasteiger charge is 2.13. The average molecular weight is 272 g/mol. The molecule has 0 aliphatic heterocycles. The molecule has 1 aromatic rings. The predicted molar refractivity (Wildman–Crippen MR) is 64.4 cm³/mol. The topological polar surface area (TPSA) is 52.3 Å². The Morgan fingerprint density at radius 3 is 2.73 bits per heavy atom. The zero-order valence-electron chi connectivity index (χ0n) is 8.79. The quantitative estimate of drug-likeness (QED) is 0.677. The first-order valence-electron chi connectivity index (χ1n) is 4.72. The summed E-state index contributed by atoms with van der Waals surface area (Å²) in [6.07, 6.45) is 0. The van der Waals surface area contributed by atoms with Gasteiger partial charge in [-0.25, -0.2) is 0 Å². The first kappa shape index (κ1) is 12.0. The van der Waals surface area contributed by atoms with Gasteiger partial charge in [0.25, 0.3) is 0 Å². The smallest absolute Gasteiger partial charge is 0.147 e. The van der Waals surface area contributed by atoms with Crippen molar-refractivity contribution in [3.63, 3.8) is 0 Å². The number of nitrogen functional groups attached to an aromatic ring is 1. The van der Waals surface area contributed by atoms with Crippen molar-refractivity contribution in [2.45, 2.75) is 18.7 Å². The van der Waals surface area contributed by atoms with Crippen LogP contribution in [0.1, 0.15) is 24.2 Å². The van der Waals surface area contributed by atoms with Crippen molar-refractivity contribution in [3.8, 4) is 5.75 Å². The highest BCUT2D eigenvalue weighted by Crippen LogP contribution is 2.29. The lowest BCUT2D eigenvalue weighted by Gasteiger charge is -2.10. The van der Waals surface area contributed by atoms with Gasteiger partial charge < -0.3 is 10.5 Å². The van der Waals surface area contributed by atoms with Crippen LogP contribution in [0, 0.1) is 0 Å². The van der Waals surface area contributed by atoms with Gasteiger partial charge >= 0.3 is 0 Å². The molecule has 1 aromatic carbocycles. The van der Waals surface area contributed by atoms with Crippen LogP contribution in [0.5, 0.6) is 5.75 Å². The predicted octanol–water partition coefficient (Wildman–Crippen LogP) is 2.69. The summed E-state index contributed by atoms with van der Waals surface area (Å²) in [7, 11) is 0. The minimum atomic E-state index is -0.319. The van der Waals surface area contributed by atoms with Gasteiger partial charge in [-0.05, 0) is 31.5 Å². The maximum atomic E-state index is 11.2. The third kappa shape index (κ3) is 3.23. The standard InChI is InChI=1S/C11H14BrNO2/c1-3-15-10-5-8(4-9(13)6-10)11(12)7(2)14/h4-6,11H,3,13H2,1-2H3. The summed E-state index contributed by atoms with van der Waals surface area (Å²) < 4.78 is 5.35. The Hall–Kier alpha value is -1.03. The molecule has 0 saturated carbocycles. The molecule has 0 spiro atoms. The number of anilines is 1. The van der Waals surface area contributed by atoms with Crippen LogP contribution in [0.4, 0.5) is 5.69 Å². The maximum Gasteiger partial charge on any atom is 0.147 e. The van der Waals surface area contributed by atoms with Crippen LogP contribution in [-0.2, 0) is 4.79 Å². The number of halogens is 1. The number of nitrogens with two attached hydrogens (primary N) is 1. The Morgan fingerprint density at radius 1 is 1.53 bits per heavy atom. The van der Waals surface area contributed by atoms with E-state index in [1.54, 1.807) is 12.1 Å². The molecule has 3 nitrogen and oxygen atoms in total. The van der Waals surface area contributed by atoms with E-state index in [9.17, 15) is 4.79 Å². The summed E-state index contributed by atoms with van der Waals surface area (Å²) in [4.78, 5) is 10.9. The molecule has 1 atom stereocenters. The van der Waals surface area contributed by atoms with E-state index in [1.165, 1.54) is 6.92 Å². The number of carbonyl (C=O) groups is 1. The molecule has 0 heterocycles. The molecule has 4 heteroatoms. The van der Waals surface area contributed by atoms with E-state index in [2.05, 4.69) is 15.9 Å². The van der Waals surface area contributed by atoms with Crippen LogP contribution in [0.25, 0.3) is 0 Å². The second-order valence-electron chi connectivity index (χ2n) is 3.24. The van der Waals surface area contributed by atoms with Gasteiger partial charge in [0.1, 0.15) is 11.5 Å². The monoisotopic (exact) mass is 271 g/mol. The Bertz CT molecular complexity index is 366. The summed E-state index contributed by atoms with van der Waals surface area (Å²) >= 11 is 3.31. The number of hydrogen-bond acceptors (Lipinski definition) is 3. The van der Waals surface area contributed by atoms with Crippen molar-refractivity contribution in [1.29, 1.82) is 0 Å². The van der Waals surface area contributed by atoms with E-state index in [0.717, 1.165) is 5.56 Å². The van der Waals surface area contributed by atoms with Crippen molar-refractivity contribution in [3.05, 3.63) is 23.8 Å². The molecular formula is C11H14BrNO2. The Kier molecular flexibility index (Phi) is 4.15. The Morgan fingerprint density at radius 2 is 2.20 bits per heavy atom. The summed E-state index contributed by atoms with van der Waals surface area (Å²) in [5, 5.41) is 0. The first-order valence-corrected chi connectivity index (χ1v) is 5.64. The van der Waals surface area contributed by atoms with Crippen LogP contribution in [0.2, 0.25) is 0 Å². The van der Waals surface area contributed by atoms with Gasteiger partial charge in [0.15, 0.2) is 0 Å². The second-order valence-corrected chi connectivity index (χ2v) is 4.16. The summed E-state index contributed by atoms with van der Waals surface area (Å²) in [6.45, 7) is 4.01. The third-order valence-electron chi connectivity index (χ3n) is 1.91. The summed E-state index contributed by atoms with van der Waals surface area (Å²) in [5.74, 6) is 0.737. The number of ether oxygens (including phenoxy) is 1. The van der Waals surface area contributed by atoms with E-state index in [-0.39, 0.29) is 10.6 Å². The lowest BCUT2D eigenvalue weighted by Crippen LogP contribution is -2.03. The van der Waals surface area contributed by atoms with Crippen molar-refractivity contribution >= 4 is 27.4 Å². The van der Waals surface area contributed by atoms with Gasteiger partial charge in [0.2, 0.25) is 0 Å². The number of ketones is 1. The van der Waals surface area contributed by atoms with Gasteiger partial charge in [-0.15, -0.1) is 0 Å². The van der Waals surface area contributed by atoms with E-state index >= 15 is 0 Å². The van der Waals surface area contributed by atoms with Crippen molar-refractivity contribution < 1.29 is 9.53 Å². The van der Waals surface area contributed by atoms with Crippen LogP contribution >= 0.6 is 15.9 Å². The molecule has 0 aromatic heterocycles. The highest BCUT2D eigenvalue weighted by molar-refractivity contribution is 9.09. The zero-order chi connectivity index (χ0) is 11.4. The lowest BCUT2D eigenvalue weighted by molar-refractivity contribution is -0.116. The van der Waals surface area contributed by atoms with Crippen molar-refractivity contribution in [2.24, 2.45) is 0 Å². The molecule has 1 unspecified atom stereocenters. The van der Waals surface area contributed by atoms with E-state index in [0.29, 0.717) is 18.0 Å². The Labute approximate surface area is 97.7 Å². The first-order chi connectivity index (χ1) is 7.04. The Balaban J connectivity index is 3.02. The molecule has 1 rings (SSSR count). The number of Topliss-reactive ketones (excluding diaryl/α,β-unsaturated/α-hetero) is 1. The second kappa shape index (κ2) is 5.16. The molecule has 0 aliphatic carbocycles. The summed E-state index contributed by atoms with van der Waals surface area (Å²) in [6, 6.07) is 5.33. The molecule has 0 aliphatic rings. The van der Waals surface area contributed by atoms with Gasteiger partial charge in [0.05, 0.1) is 11.4 Å². The minimum Gasteiger partial charge on any atom is -0.494 e. The lowest BCUT2D eigenvalue weighted by atomic mass is 10.1. The van der Waals surface area contributed by atoms with E-state index in [4.69, 9.17) is 10.5 Å². The fourth-order valence-corrected chi connectivity index (χ4v) is 1.54. The van der Waals surface area contributed by atoms with E-state index < -0.39 is 0 Å². The normalized spacial score (nSPS) is 12.2. The largest absolute Gasteiger partial charge is 0.494 e. The number of carbonyl (C=O) groups excluding carboxylic acids is 1. The van der Waals surface area contributed by atoms with Gasteiger partial charge in [0, 0.05) is 11.8 Å². The zero-order valence-corrected chi connectivity index (χ0v) is 10.4. The molecule has 0 radical (unpaired) electrons. The van der Waals surface area contributed by atoms with Gasteiger partial charge in [-0.3, -0.25) is 4.79 Å². The number of alkyl halides is 1. The molecule has 0 amide bonds. The number of benzene rings is 1. The third-order valence-corrected chi connectivity index (χ3v) is 3.09. The molecule has 0 fully saturated rings. The fourth-order valence-electron chi connectivity index (χ4n) is 1.28. The highest BCUT2D eigenvalue weighted by atomic mass is 79.9. The van der Waals surface area contributed by atoms with Crippen LogP contribution in [0.3, 0.4) is 0 Å². The maximum absolute atomic E-state index is 11.2. The van der Waals surface area contributed by atoms with Crippen LogP contribution in [-0.4, -0.2) is 12.4 Å².